The van der Waals surface area contributed by atoms with Gasteiger partial charge < -0.3 is 10.2 Å². The molecule has 0 bridgehead atoms. The molecule has 1 aromatic heterocycles. The van der Waals surface area contributed by atoms with Crippen molar-refractivity contribution in [1.29, 1.82) is 0 Å². The van der Waals surface area contributed by atoms with Gasteiger partial charge in [-0.2, -0.15) is 5.10 Å². The Labute approximate surface area is 167 Å². The first-order valence-electron chi connectivity index (χ1n) is 9.82. The molecule has 0 radical (unpaired) electrons. The molecule has 28 heavy (non-hydrogen) atoms. The van der Waals surface area contributed by atoms with Gasteiger partial charge in [0, 0.05) is 42.8 Å². The minimum absolute atomic E-state index is 0.0349. The van der Waals surface area contributed by atoms with Crippen molar-refractivity contribution >= 4 is 11.6 Å². The van der Waals surface area contributed by atoms with Crippen molar-refractivity contribution in [2.24, 2.45) is 0 Å². The van der Waals surface area contributed by atoms with Crippen LogP contribution in [-0.4, -0.2) is 34.8 Å². The summed E-state index contributed by atoms with van der Waals surface area (Å²) in [4.78, 5) is 14.7. The van der Waals surface area contributed by atoms with Gasteiger partial charge in [-0.3, -0.25) is 4.79 Å². The van der Waals surface area contributed by atoms with E-state index in [1.807, 2.05) is 53.3 Å². The molecule has 0 aliphatic heterocycles. The van der Waals surface area contributed by atoms with Gasteiger partial charge in [-0.05, 0) is 75.2 Å². The maximum absolute atomic E-state index is 12.4. The maximum atomic E-state index is 12.4. The lowest BCUT2D eigenvalue weighted by Gasteiger charge is -2.27. The molecular weight excluding hydrogens is 348 g/mol. The topological polar surface area (TPSA) is 50.2 Å². The Hall–Kier alpha value is -3.08. The molecule has 1 N–H and O–H groups in total. The second-order valence-corrected chi connectivity index (χ2v) is 7.05. The Bertz CT molecular complexity index is 868. The fourth-order valence-corrected chi connectivity index (χ4v) is 3.31. The predicted octanol–water partition coefficient (Wildman–Crippen LogP) is 4.08. The number of hydrogen-bond acceptors (Lipinski definition) is 3. The summed E-state index contributed by atoms with van der Waals surface area (Å²) in [7, 11) is 0. The average molecular weight is 377 g/mol. The minimum Gasteiger partial charge on any atom is -0.369 e. The number of amides is 1. The van der Waals surface area contributed by atoms with Gasteiger partial charge in [0.15, 0.2) is 0 Å². The third kappa shape index (κ3) is 4.80. The molecule has 0 aliphatic rings. The highest BCUT2D eigenvalue weighted by atomic mass is 16.1. The van der Waals surface area contributed by atoms with Crippen LogP contribution in [0.15, 0.2) is 67.0 Å². The molecule has 3 aromatic rings. The largest absolute Gasteiger partial charge is 0.369 e. The Balaban J connectivity index is 1.51. The number of hydrogen-bond donors (Lipinski definition) is 1. The molecule has 1 heterocycles. The van der Waals surface area contributed by atoms with Crippen LogP contribution in [-0.2, 0) is 6.42 Å². The summed E-state index contributed by atoms with van der Waals surface area (Å²) in [5.74, 6) is -0.0349. The highest BCUT2D eigenvalue weighted by molar-refractivity contribution is 5.94. The molecule has 0 spiro atoms. The van der Waals surface area contributed by atoms with E-state index < -0.39 is 0 Å². The van der Waals surface area contributed by atoms with Crippen LogP contribution in [0.3, 0.4) is 0 Å². The first kappa shape index (κ1) is 19.7. The molecule has 0 saturated carbocycles. The van der Waals surface area contributed by atoms with Crippen molar-refractivity contribution in [2.45, 2.75) is 33.2 Å². The van der Waals surface area contributed by atoms with Crippen LogP contribution in [0.5, 0.6) is 0 Å². The van der Waals surface area contributed by atoms with E-state index in [9.17, 15) is 4.79 Å². The molecule has 0 aliphatic carbocycles. The molecule has 3 rings (SSSR count). The van der Waals surface area contributed by atoms with Gasteiger partial charge in [-0.25, -0.2) is 4.68 Å². The Kier molecular flexibility index (Phi) is 6.48. The Morgan fingerprint density at radius 1 is 1.11 bits per heavy atom. The van der Waals surface area contributed by atoms with Crippen LogP contribution >= 0.6 is 0 Å². The first-order chi connectivity index (χ1) is 13.6. The summed E-state index contributed by atoms with van der Waals surface area (Å²) < 4.78 is 1.83. The molecule has 0 saturated heterocycles. The van der Waals surface area contributed by atoms with E-state index >= 15 is 0 Å². The van der Waals surface area contributed by atoms with Crippen LogP contribution in [0.4, 0.5) is 5.69 Å². The molecule has 2 aromatic carbocycles. The van der Waals surface area contributed by atoms with Gasteiger partial charge in [-0.15, -0.1) is 0 Å². The Morgan fingerprint density at radius 3 is 2.39 bits per heavy atom. The zero-order chi connectivity index (χ0) is 19.9. The number of carbonyl (C=O) groups excluding carboxylic acids is 1. The van der Waals surface area contributed by atoms with E-state index in [0.717, 1.165) is 24.3 Å². The predicted molar refractivity (Wildman–Crippen MR) is 114 cm³/mol. The third-order valence-corrected chi connectivity index (χ3v) is 4.83. The van der Waals surface area contributed by atoms with Gasteiger partial charge in [-0.1, -0.05) is 12.1 Å². The molecule has 0 fully saturated rings. The molecule has 0 atom stereocenters. The number of aromatic nitrogens is 2. The lowest BCUT2D eigenvalue weighted by Crippen LogP contribution is -2.30. The monoisotopic (exact) mass is 376 g/mol. The van der Waals surface area contributed by atoms with Crippen LogP contribution in [0.2, 0.25) is 0 Å². The molecular formula is C23H28N4O. The number of benzene rings is 2. The number of nitrogens with one attached hydrogen (secondary N) is 1. The SMILES string of the molecule is CCN(c1ccc(C(=O)NCCc2ccc(-n3cccn3)cc2)cc1)C(C)C. The van der Waals surface area contributed by atoms with Gasteiger partial charge in [0.25, 0.3) is 5.91 Å². The van der Waals surface area contributed by atoms with E-state index in [-0.39, 0.29) is 5.91 Å². The van der Waals surface area contributed by atoms with Crippen LogP contribution in [0, 0.1) is 0 Å². The van der Waals surface area contributed by atoms with Crippen LogP contribution in [0.1, 0.15) is 36.7 Å². The second-order valence-electron chi connectivity index (χ2n) is 7.05. The molecule has 146 valence electrons. The summed E-state index contributed by atoms with van der Waals surface area (Å²) in [6.07, 6.45) is 4.47. The fraction of sp³-hybridized carbons (Fsp3) is 0.304. The maximum Gasteiger partial charge on any atom is 0.251 e. The van der Waals surface area contributed by atoms with Gasteiger partial charge in [0.1, 0.15) is 0 Å². The van der Waals surface area contributed by atoms with Crippen LogP contribution in [0.25, 0.3) is 5.69 Å². The third-order valence-electron chi connectivity index (χ3n) is 4.83. The van der Waals surface area contributed by atoms with Crippen molar-refractivity contribution < 1.29 is 4.79 Å². The summed E-state index contributed by atoms with van der Waals surface area (Å²) >= 11 is 0. The molecule has 0 unspecified atom stereocenters. The highest BCUT2D eigenvalue weighted by Gasteiger charge is 2.10. The standard InChI is InChI=1S/C23H28N4O/c1-4-26(18(2)3)21-12-8-20(9-13-21)23(28)24-16-14-19-6-10-22(11-7-19)27-17-5-15-25-27/h5-13,15,17-18H,4,14,16H2,1-3H3,(H,24,28). The van der Waals surface area contributed by atoms with E-state index in [4.69, 9.17) is 0 Å². The number of carbonyl (C=O) groups is 1. The molecule has 5 heteroatoms. The fourth-order valence-electron chi connectivity index (χ4n) is 3.31. The summed E-state index contributed by atoms with van der Waals surface area (Å²) in [5, 5.41) is 7.23. The molecule has 5 nitrogen and oxygen atoms in total. The number of rotatable bonds is 8. The molecule has 1 amide bonds. The number of anilines is 1. The normalized spacial score (nSPS) is 10.9. The van der Waals surface area contributed by atoms with Gasteiger partial charge in [0.2, 0.25) is 0 Å². The van der Waals surface area contributed by atoms with E-state index in [2.05, 4.69) is 48.2 Å². The quantitative estimate of drug-likeness (QED) is 0.644. The van der Waals surface area contributed by atoms with Crippen molar-refractivity contribution in [1.82, 2.24) is 15.1 Å². The highest BCUT2D eigenvalue weighted by Crippen LogP contribution is 2.17. The van der Waals surface area contributed by atoms with E-state index in [1.165, 1.54) is 5.56 Å². The van der Waals surface area contributed by atoms with Crippen LogP contribution < -0.4 is 10.2 Å². The van der Waals surface area contributed by atoms with Crippen molar-refractivity contribution in [3.05, 3.63) is 78.1 Å². The smallest absolute Gasteiger partial charge is 0.251 e. The van der Waals surface area contributed by atoms with Crippen molar-refractivity contribution in [3.8, 4) is 5.69 Å². The average Bonchev–Trinajstić information content (AvgIpc) is 3.24. The lowest BCUT2D eigenvalue weighted by molar-refractivity contribution is 0.0954. The summed E-state index contributed by atoms with van der Waals surface area (Å²) in [5.41, 5.74) is 4.05. The van der Waals surface area contributed by atoms with E-state index in [0.29, 0.717) is 18.2 Å². The summed E-state index contributed by atoms with van der Waals surface area (Å²) in [6.45, 7) is 8.04. The number of nitrogens with zero attached hydrogens (tertiary/aromatic N) is 3. The van der Waals surface area contributed by atoms with Crippen molar-refractivity contribution in [2.75, 3.05) is 18.0 Å². The van der Waals surface area contributed by atoms with Gasteiger partial charge in [0.05, 0.1) is 5.69 Å². The zero-order valence-electron chi connectivity index (χ0n) is 16.8. The Morgan fingerprint density at radius 2 is 1.82 bits per heavy atom. The summed E-state index contributed by atoms with van der Waals surface area (Å²) in [6, 6.07) is 18.4. The zero-order valence-corrected chi connectivity index (χ0v) is 16.8. The minimum atomic E-state index is -0.0349. The van der Waals surface area contributed by atoms with E-state index in [1.54, 1.807) is 6.20 Å². The van der Waals surface area contributed by atoms with Crippen molar-refractivity contribution in [3.63, 3.8) is 0 Å². The second kappa shape index (κ2) is 9.22. The van der Waals surface area contributed by atoms with Gasteiger partial charge >= 0.3 is 0 Å². The lowest BCUT2D eigenvalue weighted by atomic mass is 10.1. The first-order valence-corrected chi connectivity index (χ1v) is 9.82.